The van der Waals surface area contributed by atoms with Crippen LogP contribution in [0.3, 0.4) is 0 Å². The van der Waals surface area contributed by atoms with Gasteiger partial charge in [-0.3, -0.25) is 4.79 Å². The minimum Gasteiger partial charge on any atom is -0.319 e. The molecule has 2 aromatic rings. The number of nitrogens with one attached hydrogen (secondary N) is 1. The molecule has 0 unspecified atom stereocenters. The van der Waals surface area contributed by atoms with E-state index >= 15 is 0 Å². The molecule has 0 bridgehead atoms. The molecule has 22 heavy (non-hydrogen) atoms. The fourth-order valence-electron chi connectivity index (χ4n) is 2.54. The third-order valence-corrected chi connectivity index (χ3v) is 5.53. The van der Waals surface area contributed by atoms with Gasteiger partial charge in [0, 0.05) is 5.56 Å². The number of halogens is 1. The smallest absolute Gasteiger partial charge is 0.255 e. The van der Waals surface area contributed by atoms with Gasteiger partial charge in [0.15, 0.2) is 9.84 Å². The van der Waals surface area contributed by atoms with Gasteiger partial charge in [-0.05, 0) is 48.7 Å². The average molecular weight is 319 g/mol. The van der Waals surface area contributed by atoms with E-state index in [2.05, 4.69) is 5.32 Å². The van der Waals surface area contributed by atoms with Crippen LogP contribution < -0.4 is 5.32 Å². The first-order valence-electron chi connectivity index (χ1n) is 6.89. The molecule has 1 heterocycles. The van der Waals surface area contributed by atoms with E-state index in [0.29, 0.717) is 28.9 Å². The number of anilines is 1. The van der Waals surface area contributed by atoms with Gasteiger partial charge in [0.1, 0.15) is 5.82 Å². The Bertz CT molecular complexity index is 846. The number of carbonyl (C=O) groups excluding carboxylic acids is 1. The van der Waals surface area contributed by atoms with Crippen LogP contribution in [0.5, 0.6) is 0 Å². The van der Waals surface area contributed by atoms with Crippen LogP contribution in [-0.4, -0.2) is 20.1 Å². The maximum absolute atomic E-state index is 13.5. The Morgan fingerprint density at radius 1 is 1.14 bits per heavy atom. The summed E-state index contributed by atoms with van der Waals surface area (Å²) >= 11 is 0. The molecule has 0 aromatic heterocycles. The van der Waals surface area contributed by atoms with Crippen LogP contribution in [0.25, 0.3) is 0 Å². The van der Waals surface area contributed by atoms with Crippen molar-refractivity contribution in [3.63, 3.8) is 0 Å². The van der Waals surface area contributed by atoms with Crippen LogP contribution >= 0.6 is 0 Å². The second-order valence-corrected chi connectivity index (χ2v) is 7.26. The molecular weight excluding hydrogens is 305 g/mol. The van der Waals surface area contributed by atoms with E-state index < -0.39 is 21.6 Å². The Kier molecular flexibility index (Phi) is 3.70. The SMILES string of the molecule is O=C(Nc1ccccc1F)c1ccc2c(c1)CCCS2(=O)=O. The van der Waals surface area contributed by atoms with Crippen LogP contribution in [0, 0.1) is 5.82 Å². The lowest BCUT2D eigenvalue weighted by Crippen LogP contribution is -2.18. The third-order valence-electron chi connectivity index (χ3n) is 3.64. The van der Waals surface area contributed by atoms with Crippen LogP contribution in [0.4, 0.5) is 10.1 Å². The summed E-state index contributed by atoms with van der Waals surface area (Å²) in [5.74, 6) is -0.840. The highest BCUT2D eigenvalue weighted by Gasteiger charge is 2.24. The highest BCUT2D eigenvalue weighted by molar-refractivity contribution is 7.91. The lowest BCUT2D eigenvalue weighted by atomic mass is 10.1. The second-order valence-electron chi connectivity index (χ2n) is 5.18. The number of fused-ring (bicyclic) bond motifs is 1. The molecule has 0 saturated carbocycles. The third kappa shape index (κ3) is 2.74. The van der Waals surface area contributed by atoms with Crippen molar-refractivity contribution >= 4 is 21.4 Å². The van der Waals surface area contributed by atoms with Gasteiger partial charge >= 0.3 is 0 Å². The first-order valence-corrected chi connectivity index (χ1v) is 8.54. The fourth-order valence-corrected chi connectivity index (χ4v) is 4.12. The van der Waals surface area contributed by atoms with Crippen LogP contribution in [0.15, 0.2) is 47.4 Å². The molecule has 1 amide bonds. The number of hydrogen-bond donors (Lipinski definition) is 1. The van der Waals surface area contributed by atoms with Gasteiger partial charge in [0.05, 0.1) is 16.3 Å². The van der Waals surface area contributed by atoms with E-state index in [1.54, 1.807) is 12.1 Å². The number of para-hydroxylation sites is 1. The molecule has 0 radical (unpaired) electrons. The Labute approximate surface area is 127 Å². The van der Waals surface area contributed by atoms with Crippen LogP contribution in [0.2, 0.25) is 0 Å². The highest BCUT2D eigenvalue weighted by Crippen LogP contribution is 2.26. The summed E-state index contributed by atoms with van der Waals surface area (Å²) in [6, 6.07) is 10.4. The van der Waals surface area contributed by atoms with Gasteiger partial charge in [-0.2, -0.15) is 0 Å². The molecule has 4 nitrogen and oxygen atoms in total. The van der Waals surface area contributed by atoms with E-state index in [-0.39, 0.29) is 11.4 Å². The molecule has 0 spiro atoms. The van der Waals surface area contributed by atoms with Crippen molar-refractivity contribution in [1.29, 1.82) is 0 Å². The quantitative estimate of drug-likeness (QED) is 0.926. The second kappa shape index (κ2) is 5.53. The molecule has 2 aromatic carbocycles. The lowest BCUT2D eigenvalue weighted by molar-refractivity contribution is 0.102. The largest absolute Gasteiger partial charge is 0.319 e. The molecule has 0 atom stereocenters. The monoisotopic (exact) mass is 319 g/mol. The molecule has 3 rings (SSSR count). The van der Waals surface area contributed by atoms with Crippen molar-refractivity contribution in [2.45, 2.75) is 17.7 Å². The number of rotatable bonds is 2. The molecule has 0 aliphatic carbocycles. The summed E-state index contributed by atoms with van der Waals surface area (Å²) in [5.41, 5.74) is 1.06. The summed E-state index contributed by atoms with van der Waals surface area (Å²) in [6.45, 7) is 0. The molecule has 0 fully saturated rings. The van der Waals surface area contributed by atoms with Gasteiger partial charge in [-0.25, -0.2) is 12.8 Å². The zero-order valence-electron chi connectivity index (χ0n) is 11.7. The number of hydrogen-bond acceptors (Lipinski definition) is 3. The zero-order chi connectivity index (χ0) is 15.7. The van der Waals surface area contributed by atoms with Gasteiger partial charge in [0.25, 0.3) is 5.91 Å². The summed E-state index contributed by atoms with van der Waals surface area (Å²) in [6.07, 6.45) is 1.17. The summed E-state index contributed by atoms with van der Waals surface area (Å²) in [7, 11) is -3.24. The molecule has 1 aliphatic heterocycles. The Morgan fingerprint density at radius 3 is 2.68 bits per heavy atom. The molecule has 1 aliphatic rings. The van der Waals surface area contributed by atoms with E-state index in [0.717, 1.165) is 0 Å². The first-order chi connectivity index (χ1) is 10.5. The molecule has 0 saturated heterocycles. The lowest BCUT2D eigenvalue weighted by Gasteiger charge is -2.17. The summed E-state index contributed by atoms with van der Waals surface area (Å²) in [5, 5.41) is 2.49. The summed E-state index contributed by atoms with van der Waals surface area (Å²) < 4.78 is 37.4. The van der Waals surface area contributed by atoms with Crippen molar-refractivity contribution in [2.24, 2.45) is 0 Å². The predicted octanol–water partition coefficient (Wildman–Crippen LogP) is 2.80. The van der Waals surface area contributed by atoms with Gasteiger partial charge in [-0.15, -0.1) is 0 Å². The fraction of sp³-hybridized carbons (Fsp3) is 0.188. The Morgan fingerprint density at radius 2 is 1.91 bits per heavy atom. The van der Waals surface area contributed by atoms with Crippen molar-refractivity contribution in [2.75, 3.05) is 11.1 Å². The average Bonchev–Trinajstić information content (AvgIpc) is 2.49. The van der Waals surface area contributed by atoms with Gasteiger partial charge < -0.3 is 5.32 Å². The number of sulfone groups is 1. The van der Waals surface area contributed by atoms with Gasteiger partial charge in [-0.1, -0.05) is 12.1 Å². The summed E-state index contributed by atoms with van der Waals surface area (Å²) in [4.78, 5) is 12.5. The molecule has 6 heteroatoms. The maximum atomic E-state index is 13.5. The van der Waals surface area contributed by atoms with Crippen LogP contribution in [0.1, 0.15) is 22.3 Å². The number of benzene rings is 2. The van der Waals surface area contributed by atoms with Gasteiger partial charge in [0.2, 0.25) is 0 Å². The van der Waals surface area contributed by atoms with E-state index in [1.165, 1.54) is 30.3 Å². The minimum atomic E-state index is -3.24. The van der Waals surface area contributed by atoms with E-state index in [1.807, 2.05) is 0 Å². The molecule has 1 N–H and O–H groups in total. The number of carbonyl (C=O) groups is 1. The molecular formula is C16H14FNO3S. The standard InChI is InChI=1S/C16H14FNO3S/c17-13-5-1-2-6-14(13)18-16(19)12-7-8-15-11(10-12)4-3-9-22(15,20)21/h1-2,5-8,10H,3-4,9H2,(H,18,19). The predicted molar refractivity (Wildman–Crippen MR) is 81.2 cm³/mol. The van der Waals surface area contributed by atoms with Crippen molar-refractivity contribution in [1.82, 2.24) is 0 Å². The van der Waals surface area contributed by atoms with Crippen molar-refractivity contribution in [3.05, 3.63) is 59.4 Å². The number of amides is 1. The van der Waals surface area contributed by atoms with E-state index in [9.17, 15) is 17.6 Å². The topological polar surface area (TPSA) is 63.2 Å². The minimum absolute atomic E-state index is 0.0952. The normalized spacial score (nSPS) is 15.9. The zero-order valence-corrected chi connectivity index (χ0v) is 12.5. The van der Waals surface area contributed by atoms with E-state index in [4.69, 9.17) is 0 Å². The first kappa shape index (κ1) is 14.7. The van der Waals surface area contributed by atoms with Crippen molar-refractivity contribution in [3.8, 4) is 0 Å². The Hall–Kier alpha value is -2.21. The van der Waals surface area contributed by atoms with Crippen molar-refractivity contribution < 1.29 is 17.6 Å². The highest BCUT2D eigenvalue weighted by atomic mass is 32.2. The number of aryl methyl sites for hydroxylation is 1. The van der Waals surface area contributed by atoms with Crippen LogP contribution in [-0.2, 0) is 16.3 Å². The maximum Gasteiger partial charge on any atom is 0.255 e. The Balaban J connectivity index is 1.90. The molecule has 114 valence electrons.